The summed E-state index contributed by atoms with van der Waals surface area (Å²) >= 11 is 1.48. The van der Waals surface area contributed by atoms with E-state index in [1.165, 1.54) is 23.9 Å². The molecule has 1 atom stereocenters. The summed E-state index contributed by atoms with van der Waals surface area (Å²) in [6.07, 6.45) is 5.93. The smallest absolute Gasteiger partial charge is 0.194 e. The van der Waals surface area contributed by atoms with Gasteiger partial charge in [-0.05, 0) is 60.6 Å². The molecule has 1 aliphatic rings. The lowest BCUT2D eigenvalue weighted by Gasteiger charge is -2.26. The first-order valence-electron chi connectivity index (χ1n) is 10.3. The fraction of sp³-hybridized carbons (Fsp3) is 0.217. The molecular formula is C23H21FN6OS. The molecule has 1 unspecified atom stereocenters. The van der Waals surface area contributed by atoms with Crippen LogP contribution in [-0.4, -0.2) is 45.0 Å². The number of fused-ring (bicyclic) bond motifs is 2. The molecule has 4 heterocycles. The van der Waals surface area contributed by atoms with E-state index in [9.17, 15) is 4.39 Å². The standard InChI is InChI=1S/C23H21FN6OS/c1-31-11-3-10-26-21-19-12-17(15-5-7-18(24)8-6-15)14-27-22(19)32-23-28-20(29-30(21)23)16-4-2-9-25-13-16/h2,4-9,12-14,21,26H,3,10-11H2,1H3. The van der Waals surface area contributed by atoms with E-state index in [0.29, 0.717) is 12.4 Å². The maximum Gasteiger partial charge on any atom is 0.194 e. The quantitative estimate of drug-likeness (QED) is 0.425. The van der Waals surface area contributed by atoms with Crippen molar-refractivity contribution in [2.24, 2.45) is 0 Å². The summed E-state index contributed by atoms with van der Waals surface area (Å²) in [7, 11) is 1.70. The molecule has 0 saturated heterocycles. The van der Waals surface area contributed by atoms with Crippen LogP contribution in [0.1, 0.15) is 18.2 Å². The number of rotatable bonds is 7. The van der Waals surface area contributed by atoms with E-state index in [0.717, 1.165) is 45.4 Å². The Morgan fingerprint density at radius 2 is 2.00 bits per heavy atom. The number of ether oxygens (including phenoxy) is 1. The molecule has 3 aromatic heterocycles. The van der Waals surface area contributed by atoms with Crippen LogP contribution in [0.4, 0.5) is 4.39 Å². The fourth-order valence-corrected chi connectivity index (χ4v) is 4.52. The summed E-state index contributed by atoms with van der Waals surface area (Å²) in [5.74, 6) is 0.360. The van der Waals surface area contributed by atoms with Gasteiger partial charge in [-0.3, -0.25) is 10.3 Å². The van der Waals surface area contributed by atoms with E-state index in [4.69, 9.17) is 19.8 Å². The third kappa shape index (κ3) is 4.14. The van der Waals surface area contributed by atoms with Crippen LogP contribution in [0.15, 0.2) is 71.2 Å². The summed E-state index contributed by atoms with van der Waals surface area (Å²) in [5.41, 5.74) is 3.69. The highest BCUT2D eigenvalue weighted by Crippen LogP contribution is 2.40. The highest BCUT2D eigenvalue weighted by Gasteiger charge is 2.30. The molecule has 1 N–H and O–H groups in total. The van der Waals surface area contributed by atoms with Crippen LogP contribution in [0.25, 0.3) is 22.5 Å². The van der Waals surface area contributed by atoms with Gasteiger partial charge in [0.25, 0.3) is 0 Å². The van der Waals surface area contributed by atoms with Gasteiger partial charge in [-0.2, -0.15) is 0 Å². The average molecular weight is 449 g/mol. The van der Waals surface area contributed by atoms with Gasteiger partial charge in [0, 0.05) is 49.0 Å². The Bertz CT molecular complexity index is 1220. The van der Waals surface area contributed by atoms with Gasteiger partial charge in [0.1, 0.15) is 17.0 Å². The molecule has 9 heteroatoms. The van der Waals surface area contributed by atoms with Gasteiger partial charge in [0.15, 0.2) is 11.0 Å². The van der Waals surface area contributed by atoms with Gasteiger partial charge in [-0.25, -0.2) is 19.0 Å². The number of methoxy groups -OCH3 is 1. The summed E-state index contributed by atoms with van der Waals surface area (Å²) < 4.78 is 20.5. The second kappa shape index (κ2) is 9.15. The number of nitrogens with one attached hydrogen (secondary N) is 1. The fourth-order valence-electron chi connectivity index (χ4n) is 3.58. The minimum absolute atomic E-state index is 0.232. The zero-order valence-electron chi connectivity index (χ0n) is 17.4. The number of hydrogen-bond acceptors (Lipinski definition) is 7. The zero-order valence-corrected chi connectivity index (χ0v) is 18.2. The summed E-state index contributed by atoms with van der Waals surface area (Å²) in [5, 5.41) is 10.00. The molecule has 1 aromatic carbocycles. The molecule has 32 heavy (non-hydrogen) atoms. The Morgan fingerprint density at radius 1 is 1.12 bits per heavy atom. The molecule has 7 nitrogen and oxygen atoms in total. The highest BCUT2D eigenvalue weighted by atomic mass is 32.2. The topological polar surface area (TPSA) is 77.8 Å². The van der Waals surface area contributed by atoms with Gasteiger partial charge < -0.3 is 4.74 Å². The molecule has 0 spiro atoms. The molecule has 0 amide bonds. The maximum atomic E-state index is 13.4. The van der Waals surface area contributed by atoms with Crippen molar-refractivity contribution in [1.82, 2.24) is 30.0 Å². The van der Waals surface area contributed by atoms with Crippen LogP contribution in [0, 0.1) is 5.82 Å². The summed E-state index contributed by atoms with van der Waals surface area (Å²) in [6.45, 7) is 1.41. The number of pyridine rings is 2. The Morgan fingerprint density at radius 3 is 2.78 bits per heavy atom. The molecule has 1 aliphatic heterocycles. The number of benzene rings is 1. The second-order valence-electron chi connectivity index (χ2n) is 7.33. The maximum absolute atomic E-state index is 13.4. The molecule has 0 fully saturated rings. The zero-order chi connectivity index (χ0) is 21.9. The van der Waals surface area contributed by atoms with E-state index in [2.05, 4.69) is 16.4 Å². The molecule has 0 saturated carbocycles. The minimum atomic E-state index is -0.261. The van der Waals surface area contributed by atoms with E-state index in [-0.39, 0.29) is 12.0 Å². The molecule has 162 valence electrons. The van der Waals surface area contributed by atoms with Gasteiger partial charge in [0.2, 0.25) is 0 Å². The van der Waals surface area contributed by atoms with Gasteiger partial charge in [-0.15, -0.1) is 5.10 Å². The van der Waals surface area contributed by atoms with Crippen molar-refractivity contribution in [2.75, 3.05) is 20.3 Å². The van der Waals surface area contributed by atoms with Crippen LogP contribution in [0.5, 0.6) is 0 Å². The lowest BCUT2D eigenvalue weighted by atomic mass is 10.0. The lowest BCUT2D eigenvalue weighted by molar-refractivity contribution is 0.191. The number of hydrogen-bond donors (Lipinski definition) is 1. The Labute approximate surface area is 189 Å². The molecule has 0 radical (unpaired) electrons. The van der Waals surface area contributed by atoms with Crippen molar-refractivity contribution in [2.45, 2.75) is 22.8 Å². The second-order valence-corrected chi connectivity index (χ2v) is 8.29. The molecule has 5 rings (SSSR count). The van der Waals surface area contributed by atoms with Crippen molar-refractivity contribution in [3.63, 3.8) is 0 Å². The molecule has 0 aliphatic carbocycles. The molecular weight excluding hydrogens is 427 g/mol. The molecule has 0 bridgehead atoms. The number of nitrogens with zero attached hydrogens (tertiary/aromatic N) is 5. The van der Waals surface area contributed by atoms with Gasteiger partial charge >= 0.3 is 0 Å². The normalized spacial score (nSPS) is 14.8. The Balaban J connectivity index is 1.53. The van der Waals surface area contributed by atoms with Crippen LogP contribution >= 0.6 is 11.8 Å². The number of aromatic nitrogens is 5. The first-order valence-corrected chi connectivity index (χ1v) is 11.1. The SMILES string of the molecule is COCCCNC1c2cc(-c3ccc(F)cc3)cnc2Sc2nc(-c3cccnc3)nn21. The van der Waals surface area contributed by atoms with E-state index < -0.39 is 0 Å². The molecule has 4 aromatic rings. The van der Waals surface area contributed by atoms with E-state index in [1.807, 2.05) is 23.0 Å². The van der Waals surface area contributed by atoms with E-state index >= 15 is 0 Å². The van der Waals surface area contributed by atoms with Crippen molar-refractivity contribution in [1.29, 1.82) is 0 Å². The monoisotopic (exact) mass is 448 g/mol. The van der Waals surface area contributed by atoms with Crippen molar-refractivity contribution >= 4 is 11.8 Å². The average Bonchev–Trinajstić information content (AvgIpc) is 3.26. The number of halogens is 1. The lowest BCUT2D eigenvalue weighted by Crippen LogP contribution is -2.32. The van der Waals surface area contributed by atoms with Crippen LogP contribution in [0.3, 0.4) is 0 Å². The van der Waals surface area contributed by atoms with E-state index in [1.54, 1.807) is 31.6 Å². The summed E-state index contributed by atoms with van der Waals surface area (Å²) in [4.78, 5) is 13.6. The third-order valence-electron chi connectivity index (χ3n) is 5.17. The van der Waals surface area contributed by atoms with Crippen molar-refractivity contribution < 1.29 is 9.13 Å². The van der Waals surface area contributed by atoms with Crippen molar-refractivity contribution in [3.05, 3.63) is 72.4 Å². The first-order chi connectivity index (χ1) is 15.7. The van der Waals surface area contributed by atoms with Crippen LogP contribution < -0.4 is 5.32 Å². The Hall–Kier alpha value is -3.14. The highest BCUT2D eigenvalue weighted by molar-refractivity contribution is 7.99. The van der Waals surface area contributed by atoms with Crippen molar-refractivity contribution in [3.8, 4) is 22.5 Å². The first kappa shape index (κ1) is 20.7. The Kier molecular flexibility index (Phi) is 5.93. The summed E-state index contributed by atoms with van der Waals surface area (Å²) in [6, 6.07) is 12.3. The predicted octanol–water partition coefficient (Wildman–Crippen LogP) is 4.18. The minimum Gasteiger partial charge on any atom is -0.385 e. The van der Waals surface area contributed by atoms with Crippen LogP contribution in [0.2, 0.25) is 0 Å². The van der Waals surface area contributed by atoms with Gasteiger partial charge in [0.05, 0.1) is 0 Å². The third-order valence-corrected chi connectivity index (χ3v) is 6.16. The van der Waals surface area contributed by atoms with Gasteiger partial charge in [-0.1, -0.05) is 12.1 Å². The van der Waals surface area contributed by atoms with Crippen LogP contribution in [-0.2, 0) is 4.74 Å². The largest absolute Gasteiger partial charge is 0.385 e. The predicted molar refractivity (Wildman–Crippen MR) is 120 cm³/mol.